The molecule has 124 valence electrons. The highest BCUT2D eigenvalue weighted by Crippen LogP contribution is 2.16. The van der Waals surface area contributed by atoms with E-state index in [-0.39, 0.29) is 18.7 Å². The molecular weight excluding hydrogens is 376 g/mol. The summed E-state index contributed by atoms with van der Waals surface area (Å²) < 4.78 is 10.5. The average Bonchev–Trinajstić information content (AvgIpc) is 2.61. The first kappa shape index (κ1) is 17.8. The van der Waals surface area contributed by atoms with Gasteiger partial charge in [-0.1, -0.05) is 46.3 Å². The third-order valence-electron chi connectivity index (χ3n) is 3.05. The Labute approximate surface area is 147 Å². The third kappa shape index (κ3) is 5.27. The van der Waals surface area contributed by atoms with Crippen LogP contribution in [-0.4, -0.2) is 29.9 Å². The van der Waals surface area contributed by atoms with Gasteiger partial charge in [0.25, 0.3) is 0 Å². The summed E-state index contributed by atoms with van der Waals surface area (Å²) >= 11 is 3.36. The normalized spacial score (nSPS) is 11.0. The molecule has 0 aliphatic carbocycles. The second kappa shape index (κ2) is 8.93. The van der Waals surface area contributed by atoms with Crippen LogP contribution in [0.1, 0.15) is 11.1 Å². The fourth-order valence-electron chi connectivity index (χ4n) is 1.86. The quantitative estimate of drug-likeness (QED) is 0.577. The topological polar surface area (TPSA) is 77.9 Å². The Morgan fingerprint density at radius 3 is 2.62 bits per heavy atom. The predicted octanol–water partition coefficient (Wildman–Crippen LogP) is 3.34. The number of hydrogen-bond donors (Lipinski definition) is 0. The van der Waals surface area contributed by atoms with Crippen LogP contribution in [0.3, 0.4) is 0 Å². The van der Waals surface area contributed by atoms with Crippen molar-refractivity contribution in [2.45, 2.75) is 13.0 Å². The molecule has 6 nitrogen and oxygen atoms in total. The number of carbonyl (C=O) groups is 2. The van der Waals surface area contributed by atoms with Crippen molar-refractivity contribution in [1.29, 1.82) is 0 Å². The molecule has 0 N–H and O–H groups in total. The molecule has 0 bridgehead atoms. The smallest absolute Gasteiger partial charge is 0.434 e. The van der Waals surface area contributed by atoms with E-state index in [9.17, 15) is 9.59 Å². The maximum Gasteiger partial charge on any atom is 0.434 e. The van der Waals surface area contributed by atoms with Crippen LogP contribution in [0.25, 0.3) is 0 Å². The van der Waals surface area contributed by atoms with E-state index in [1.54, 1.807) is 18.5 Å². The summed E-state index contributed by atoms with van der Waals surface area (Å²) in [5.41, 5.74) is 1.48. The lowest BCUT2D eigenvalue weighted by Gasteiger charge is -2.06. The maximum absolute atomic E-state index is 11.9. The number of pyridine rings is 1. The first-order chi connectivity index (χ1) is 11.6. The standard InChI is InChI=1S/C17H15BrN2O4/c1-23-16(21)15(9-13-10-19-8-7-14(13)18)20-17(22)24-11-12-5-3-2-4-6-12/h2-8,10H,9,11H2,1H3. The van der Waals surface area contributed by atoms with Crippen LogP contribution in [0, 0.1) is 0 Å². The molecule has 7 heteroatoms. The van der Waals surface area contributed by atoms with Gasteiger partial charge >= 0.3 is 12.1 Å². The zero-order valence-corrected chi connectivity index (χ0v) is 14.5. The van der Waals surface area contributed by atoms with Gasteiger partial charge in [0, 0.05) is 23.3 Å². The van der Waals surface area contributed by atoms with Crippen LogP contribution in [0.4, 0.5) is 4.79 Å². The van der Waals surface area contributed by atoms with Crippen LogP contribution < -0.4 is 0 Å². The molecule has 0 spiro atoms. The van der Waals surface area contributed by atoms with Gasteiger partial charge in [-0.25, -0.2) is 9.59 Å². The van der Waals surface area contributed by atoms with Gasteiger partial charge < -0.3 is 9.47 Å². The number of esters is 1. The summed E-state index contributed by atoms with van der Waals surface area (Å²) in [7, 11) is 1.23. The number of carbonyl (C=O) groups excluding carboxylic acids is 2. The number of aliphatic imine (C=N–C) groups is 1. The minimum Gasteiger partial charge on any atom is -0.465 e. The Balaban J connectivity index is 2.09. The highest BCUT2D eigenvalue weighted by molar-refractivity contribution is 9.10. The van der Waals surface area contributed by atoms with Gasteiger partial charge in [-0.05, 0) is 17.2 Å². The number of nitrogens with zero attached hydrogens (tertiary/aromatic N) is 2. The molecule has 2 rings (SSSR count). The average molecular weight is 391 g/mol. The molecule has 24 heavy (non-hydrogen) atoms. The van der Waals surface area contributed by atoms with Gasteiger partial charge in [0.1, 0.15) is 12.3 Å². The van der Waals surface area contributed by atoms with Crippen molar-refractivity contribution >= 4 is 33.7 Å². The fraction of sp³-hybridized carbons (Fsp3) is 0.176. The van der Waals surface area contributed by atoms with Gasteiger partial charge in [-0.3, -0.25) is 4.98 Å². The Bertz CT molecular complexity index is 747. The number of aromatic nitrogens is 1. The van der Waals surface area contributed by atoms with Crippen LogP contribution >= 0.6 is 15.9 Å². The van der Waals surface area contributed by atoms with Crippen molar-refractivity contribution in [1.82, 2.24) is 4.98 Å². The highest BCUT2D eigenvalue weighted by Gasteiger charge is 2.17. The van der Waals surface area contributed by atoms with Crippen molar-refractivity contribution in [2.75, 3.05) is 7.11 Å². The molecule has 1 aromatic carbocycles. The third-order valence-corrected chi connectivity index (χ3v) is 3.83. The van der Waals surface area contributed by atoms with Crippen molar-refractivity contribution in [3.8, 4) is 0 Å². The van der Waals surface area contributed by atoms with Gasteiger partial charge in [0.2, 0.25) is 0 Å². The van der Waals surface area contributed by atoms with E-state index in [1.165, 1.54) is 7.11 Å². The lowest BCUT2D eigenvalue weighted by Crippen LogP contribution is -2.21. The van der Waals surface area contributed by atoms with Crippen molar-refractivity contribution in [3.05, 3.63) is 64.4 Å². The first-order valence-electron chi connectivity index (χ1n) is 7.05. The molecule has 2 aromatic rings. The number of ether oxygens (including phenoxy) is 2. The molecule has 0 fully saturated rings. The van der Waals surface area contributed by atoms with E-state index < -0.39 is 12.1 Å². The molecule has 0 aliphatic rings. The van der Waals surface area contributed by atoms with Crippen LogP contribution in [0.2, 0.25) is 0 Å². The minimum atomic E-state index is -0.848. The molecule has 0 aliphatic heterocycles. The molecule has 0 unspecified atom stereocenters. The summed E-state index contributed by atoms with van der Waals surface area (Å²) in [5, 5.41) is 0. The van der Waals surface area contributed by atoms with Crippen molar-refractivity contribution in [2.24, 2.45) is 4.99 Å². The Kier molecular flexibility index (Phi) is 6.62. The van der Waals surface area contributed by atoms with E-state index in [4.69, 9.17) is 4.74 Å². The fourth-order valence-corrected chi connectivity index (χ4v) is 2.22. The summed E-state index contributed by atoms with van der Waals surface area (Å²) in [6, 6.07) is 10.9. The SMILES string of the molecule is COC(=O)C(Cc1cnccc1Br)=NC(=O)OCc1ccccc1. The monoisotopic (exact) mass is 390 g/mol. The lowest BCUT2D eigenvalue weighted by molar-refractivity contribution is -0.132. The van der Waals surface area contributed by atoms with Gasteiger partial charge in [-0.2, -0.15) is 4.99 Å². The Morgan fingerprint density at radius 1 is 1.21 bits per heavy atom. The van der Waals surface area contributed by atoms with Crippen LogP contribution in [-0.2, 0) is 27.3 Å². The van der Waals surface area contributed by atoms with Crippen LogP contribution in [0.15, 0.2) is 58.3 Å². The number of benzene rings is 1. The molecule has 0 atom stereocenters. The second-order valence-electron chi connectivity index (χ2n) is 4.73. The van der Waals surface area contributed by atoms with Gasteiger partial charge in [-0.15, -0.1) is 0 Å². The molecule has 0 radical (unpaired) electrons. The summed E-state index contributed by atoms with van der Waals surface area (Å²) in [6.07, 6.45) is 2.44. The van der Waals surface area contributed by atoms with E-state index in [0.29, 0.717) is 5.56 Å². The zero-order chi connectivity index (χ0) is 17.4. The van der Waals surface area contributed by atoms with E-state index >= 15 is 0 Å². The predicted molar refractivity (Wildman–Crippen MR) is 91.7 cm³/mol. The molecule has 0 saturated heterocycles. The number of hydrogen-bond acceptors (Lipinski definition) is 5. The molecule has 0 saturated carbocycles. The number of halogens is 1. The molecular formula is C17H15BrN2O4. The number of methoxy groups -OCH3 is 1. The van der Waals surface area contributed by atoms with E-state index in [2.05, 4.69) is 30.6 Å². The van der Waals surface area contributed by atoms with Crippen LogP contribution in [0.5, 0.6) is 0 Å². The maximum atomic E-state index is 11.9. The Morgan fingerprint density at radius 2 is 1.96 bits per heavy atom. The summed E-state index contributed by atoms with van der Waals surface area (Å²) in [4.78, 5) is 31.4. The molecule has 1 amide bonds. The Hall–Kier alpha value is -2.54. The summed E-state index contributed by atoms with van der Waals surface area (Å²) in [6.45, 7) is 0.0776. The van der Waals surface area contributed by atoms with Gasteiger partial charge in [0.05, 0.1) is 7.11 Å². The zero-order valence-electron chi connectivity index (χ0n) is 12.9. The number of rotatable bonds is 5. The second-order valence-corrected chi connectivity index (χ2v) is 5.59. The van der Waals surface area contributed by atoms with E-state index in [1.807, 2.05) is 30.3 Å². The van der Waals surface area contributed by atoms with E-state index in [0.717, 1.165) is 10.0 Å². The van der Waals surface area contributed by atoms with Crippen molar-refractivity contribution in [3.63, 3.8) is 0 Å². The minimum absolute atomic E-state index is 0.0516. The van der Waals surface area contributed by atoms with Crippen molar-refractivity contribution < 1.29 is 19.1 Å². The lowest BCUT2D eigenvalue weighted by atomic mass is 10.1. The highest BCUT2D eigenvalue weighted by atomic mass is 79.9. The molecule has 1 aromatic heterocycles. The summed E-state index contributed by atoms with van der Waals surface area (Å²) in [5.74, 6) is -0.692. The molecule has 1 heterocycles. The van der Waals surface area contributed by atoms with Gasteiger partial charge in [0.15, 0.2) is 0 Å². The number of amides is 1. The largest absolute Gasteiger partial charge is 0.465 e. The first-order valence-corrected chi connectivity index (χ1v) is 7.84.